The predicted molar refractivity (Wildman–Crippen MR) is 117 cm³/mol. The summed E-state index contributed by atoms with van der Waals surface area (Å²) in [6, 6.07) is 13.7. The number of nitrogens with one attached hydrogen (secondary N) is 2. The molecule has 1 saturated heterocycles. The Labute approximate surface area is 181 Å². The van der Waals surface area contributed by atoms with E-state index < -0.39 is 21.8 Å². The van der Waals surface area contributed by atoms with Crippen LogP contribution in [0, 0.1) is 6.92 Å². The molecule has 0 aliphatic carbocycles. The van der Waals surface area contributed by atoms with Crippen LogP contribution in [0.1, 0.15) is 17.2 Å². The fraction of sp³-hybridized carbons (Fsp3) is 0.333. The summed E-state index contributed by atoms with van der Waals surface area (Å²) in [6.07, 6.45) is 0. The molecule has 1 atom stereocenters. The van der Waals surface area contributed by atoms with Gasteiger partial charge in [-0.3, -0.25) is 14.5 Å². The molecule has 7 nitrogen and oxygen atoms in total. The molecule has 2 aromatic rings. The maximum absolute atomic E-state index is 13.0. The summed E-state index contributed by atoms with van der Waals surface area (Å²) in [4.78, 5) is 27.1. The van der Waals surface area contributed by atoms with Gasteiger partial charge >= 0.3 is 0 Å². The molecule has 2 aromatic carbocycles. The van der Waals surface area contributed by atoms with E-state index in [0.717, 1.165) is 11.1 Å². The van der Waals surface area contributed by atoms with Crippen LogP contribution < -0.4 is 10.6 Å². The normalized spacial score (nSPS) is 17.1. The Morgan fingerprint density at radius 2 is 1.77 bits per heavy atom. The van der Waals surface area contributed by atoms with Gasteiger partial charge in [-0.2, -0.15) is 0 Å². The third kappa shape index (κ3) is 5.81. The average Bonchev–Trinajstić information content (AvgIpc) is 2.71. The number of amides is 2. The van der Waals surface area contributed by atoms with Crippen molar-refractivity contribution in [3.05, 3.63) is 64.7 Å². The molecule has 0 bridgehead atoms. The van der Waals surface area contributed by atoms with Gasteiger partial charge in [0.2, 0.25) is 11.8 Å². The first kappa shape index (κ1) is 22.3. The number of carbonyl (C=O) groups excluding carboxylic acids is 2. The van der Waals surface area contributed by atoms with Gasteiger partial charge in [-0.25, -0.2) is 8.42 Å². The molecular formula is C21H24ClN3O4S. The number of hydrogen-bond donors (Lipinski definition) is 2. The largest absolute Gasteiger partial charge is 0.345 e. The van der Waals surface area contributed by atoms with Crippen molar-refractivity contribution in [3.8, 4) is 0 Å². The van der Waals surface area contributed by atoms with Crippen LogP contribution in [0.15, 0.2) is 48.5 Å². The van der Waals surface area contributed by atoms with Gasteiger partial charge in [-0.05, 0) is 30.2 Å². The van der Waals surface area contributed by atoms with E-state index in [0.29, 0.717) is 10.7 Å². The zero-order valence-corrected chi connectivity index (χ0v) is 18.2. The lowest BCUT2D eigenvalue weighted by Crippen LogP contribution is -2.48. The maximum Gasteiger partial charge on any atom is 0.243 e. The second-order valence-corrected chi connectivity index (χ2v) is 9.96. The van der Waals surface area contributed by atoms with E-state index >= 15 is 0 Å². The summed E-state index contributed by atoms with van der Waals surface area (Å²) in [5, 5.41) is 5.77. The molecule has 0 radical (unpaired) electrons. The number of sulfone groups is 1. The third-order valence-electron chi connectivity index (χ3n) is 4.93. The van der Waals surface area contributed by atoms with Crippen LogP contribution in [0.2, 0.25) is 5.02 Å². The van der Waals surface area contributed by atoms with Gasteiger partial charge in [0.25, 0.3) is 0 Å². The summed E-state index contributed by atoms with van der Waals surface area (Å²) in [6.45, 7) is 2.20. The number of carbonyl (C=O) groups is 2. The highest BCUT2D eigenvalue weighted by atomic mass is 35.5. The second-order valence-electron chi connectivity index (χ2n) is 7.25. The first-order valence-electron chi connectivity index (χ1n) is 9.58. The molecule has 2 N–H and O–H groups in total. The van der Waals surface area contributed by atoms with Crippen molar-refractivity contribution in [2.75, 3.05) is 36.5 Å². The van der Waals surface area contributed by atoms with Crippen molar-refractivity contribution in [1.29, 1.82) is 0 Å². The minimum atomic E-state index is -3.07. The van der Waals surface area contributed by atoms with Gasteiger partial charge < -0.3 is 10.6 Å². The van der Waals surface area contributed by atoms with Crippen LogP contribution in [0.5, 0.6) is 0 Å². The van der Waals surface area contributed by atoms with Crippen LogP contribution in [0.4, 0.5) is 5.69 Å². The molecule has 1 aliphatic heterocycles. The van der Waals surface area contributed by atoms with Crippen molar-refractivity contribution < 1.29 is 18.0 Å². The average molecular weight is 450 g/mol. The van der Waals surface area contributed by atoms with E-state index in [2.05, 4.69) is 10.6 Å². The fourth-order valence-electron chi connectivity index (χ4n) is 3.33. The van der Waals surface area contributed by atoms with Crippen LogP contribution >= 0.6 is 11.6 Å². The first-order valence-corrected chi connectivity index (χ1v) is 11.8. The predicted octanol–water partition coefficient (Wildman–Crippen LogP) is 2.17. The molecule has 0 aromatic heterocycles. The number of aryl methyl sites for hydroxylation is 1. The highest BCUT2D eigenvalue weighted by Crippen LogP contribution is 2.24. The van der Waals surface area contributed by atoms with Gasteiger partial charge in [0.05, 0.1) is 28.8 Å². The van der Waals surface area contributed by atoms with Crippen LogP contribution in [0.3, 0.4) is 0 Å². The monoisotopic (exact) mass is 449 g/mol. The first-order chi connectivity index (χ1) is 14.2. The molecular weight excluding hydrogens is 426 g/mol. The molecule has 30 heavy (non-hydrogen) atoms. The van der Waals surface area contributed by atoms with Gasteiger partial charge in [0.1, 0.15) is 6.04 Å². The highest BCUT2D eigenvalue weighted by molar-refractivity contribution is 7.91. The van der Waals surface area contributed by atoms with E-state index in [1.807, 2.05) is 48.2 Å². The van der Waals surface area contributed by atoms with Gasteiger partial charge in [-0.1, -0.05) is 48.0 Å². The molecule has 160 valence electrons. The molecule has 0 spiro atoms. The zero-order chi connectivity index (χ0) is 21.7. The lowest BCUT2D eigenvalue weighted by molar-refractivity contribution is -0.128. The van der Waals surface area contributed by atoms with Crippen molar-refractivity contribution in [2.24, 2.45) is 0 Å². The van der Waals surface area contributed by atoms with E-state index in [1.54, 1.807) is 12.1 Å². The Bertz CT molecular complexity index is 1010. The topological polar surface area (TPSA) is 95.6 Å². The van der Waals surface area contributed by atoms with E-state index in [4.69, 9.17) is 11.6 Å². The van der Waals surface area contributed by atoms with E-state index in [9.17, 15) is 18.0 Å². The summed E-state index contributed by atoms with van der Waals surface area (Å²) in [5.41, 5.74) is 2.19. The number of anilines is 1. The SMILES string of the molecule is Cc1ccc(NC(=O)CNC(=O)C(c2ccccc2)N2CCS(=O)(=O)CC2)c(Cl)c1. The van der Waals surface area contributed by atoms with Crippen molar-refractivity contribution in [3.63, 3.8) is 0 Å². The number of halogens is 1. The summed E-state index contributed by atoms with van der Waals surface area (Å²) >= 11 is 6.13. The molecule has 0 saturated carbocycles. The molecule has 9 heteroatoms. The highest BCUT2D eigenvalue weighted by Gasteiger charge is 2.32. The molecule has 1 unspecified atom stereocenters. The second kappa shape index (κ2) is 9.59. The summed E-state index contributed by atoms with van der Waals surface area (Å²) < 4.78 is 23.5. The number of hydrogen-bond acceptors (Lipinski definition) is 5. The quantitative estimate of drug-likeness (QED) is 0.704. The minimum absolute atomic E-state index is 0.00994. The number of rotatable bonds is 6. The fourth-order valence-corrected chi connectivity index (χ4v) is 4.84. The lowest BCUT2D eigenvalue weighted by atomic mass is 10.0. The molecule has 1 fully saturated rings. The Balaban J connectivity index is 1.67. The van der Waals surface area contributed by atoms with Crippen LogP contribution in [-0.2, 0) is 19.4 Å². The Morgan fingerprint density at radius 3 is 2.40 bits per heavy atom. The van der Waals surface area contributed by atoms with Crippen LogP contribution in [-0.4, -0.2) is 56.3 Å². The lowest BCUT2D eigenvalue weighted by Gasteiger charge is -2.33. The van der Waals surface area contributed by atoms with Gasteiger partial charge in [0, 0.05) is 13.1 Å². The Kier molecular flexibility index (Phi) is 7.12. The molecule has 2 amide bonds. The van der Waals surface area contributed by atoms with Gasteiger partial charge in [-0.15, -0.1) is 0 Å². The van der Waals surface area contributed by atoms with E-state index in [1.165, 1.54) is 0 Å². The zero-order valence-electron chi connectivity index (χ0n) is 16.6. The minimum Gasteiger partial charge on any atom is -0.345 e. The standard InChI is InChI=1S/C21H24ClN3O4S/c1-15-7-8-18(17(22)13-15)24-19(26)14-23-21(27)20(16-5-3-2-4-6-16)25-9-11-30(28,29)12-10-25/h2-8,13,20H,9-12,14H2,1H3,(H,23,27)(H,24,26). The summed E-state index contributed by atoms with van der Waals surface area (Å²) in [7, 11) is -3.07. The molecule has 1 aliphatic rings. The maximum atomic E-state index is 13.0. The number of nitrogens with zero attached hydrogens (tertiary/aromatic N) is 1. The molecule has 3 rings (SSSR count). The number of benzene rings is 2. The Hall–Kier alpha value is -2.42. The van der Waals surface area contributed by atoms with E-state index in [-0.39, 0.29) is 37.0 Å². The molecule has 1 heterocycles. The summed E-state index contributed by atoms with van der Waals surface area (Å²) in [5.74, 6) is -0.737. The van der Waals surface area contributed by atoms with Crippen molar-refractivity contribution >= 4 is 38.9 Å². The smallest absolute Gasteiger partial charge is 0.243 e. The Morgan fingerprint density at radius 1 is 1.10 bits per heavy atom. The third-order valence-corrected chi connectivity index (χ3v) is 6.85. The van der Waals surface area contributed by atoms with Gasteiger partial charge in [0.15, 0.2) is 9.84 Å². The van der Waals surface area contributed by atoms with Crippen molar-refractivity contribution in [1.82, 2.24) is 10.2 Å². The van der Waals surface area contributed by atoms with Crippen LogP contribution in [0.25, 0.3) is 0 Å². The van der Waals surface area contributed by atoms with Crippen molar-refractivity contribution in [2.45, 2.75) is 13.0 Å².